The van der Waals surface area contributed by atoms with Crippen LogP contribution in [-0.4, -0.2) is 58.1 Å². The van der Waals surface area contributed by atoms with Crippen LogP contribution < -0.4 is 14.4 Å². The van der Waals surface area contributed by atoms with E-state index < -0.39 is 10.0 Å². The predicted octanol–water partition coefficient (Wildman–Crippen LogP) is 4.29. The van der Waals surface area contributed by atoms with Crippen molar-refractivity contribution in [3.8, 4) is 22.8 Å². The van der Waals surface area contributed by atoms with Crippen molar-refractivity contribution in [3.63, 3.8) is 0 Å². The number of hydrogen-bond donors (Lipinski definition) is 0. The molecule has 0 amide bonds. The fourth-order valence-electron chi connectivity index (χ4n) is 3.92. The number of thiazole rings is 1. The second kappa shape index (κ2) is 10.1. The van der Waals surface area contributed by atoms with Crippen LogP contribution >= 0.6 is 11.3 Å². The van der Waals surface area contributed by atoms with Crippen LogP contribution in [0.25, 0.3) is 11.3 Å². The van der Waals surface area contributed by atoms with Crippen LogP contribution in [0.3, 0.4) is 0 Å². The average Bonchev–Trinajstić information content (AvgIpc) is 3.34. The van der Waals surface area contributed by atoms with Gasteiger partial charge < -0.3 is 14.4 Å². The number of anilines is 1. The highest BCUT2D eigenvalue weighted by atomic mass is 32.2. The van der Waals surface area contributed by atoms with Crippen molar-refractivity contribution < 1.29 is 17.9 Å². The molecule has 0 radical (unpaired) electrons. The number of piperazine rings is 1. The third-order valence-corrected chi connectivity index (χ3v) is 8.58. The molecule has 176 valence electrons. The number of ether oxygens (including phenoxy) is 2. The van der Waals surface area contributed by atoms with E-state index in [4.69, 9.17) is 14.5 Å². The zero-order valence-corrected chi connectivity index (χ0v) is 20.8. The summed E-state index contributed by atoms with van der Waals surface area (Å²) in [6, 6.07) is 13.3. The molecule has 1 aromatic heterocycles. The van der Waals surface area contributed by atoms with Gasteiger partial charge in [0.2, 0.25) is 10.0 Å². The summed E-state index contributed by atoms with van der Waals surface area (Å²) in [7, 11) is -0.598. The van der Waals surface area contributed by atoms with Gasteiger partial charge in [-0.15, -0.1) is 11.3 Å². The number of methoxy groups -OCH3 is 2. The Morgan fingerprint density at radius 2 is 1.67 bits per heavy atom. The minimum Gasteiger partial charge on any atom is -0.493 e. The van der Waals surface area contributed by atoms with Crippen LogP contribution in [0.15, 0.2) is 52.7 Å². The van der Waals surface area contributed by atoms with E-state index in [2.05, 4.69) is 41.5 Å². The molecule has 3 aromatic rings. The molecule has 33 heavy (non-hydrogen) atoms. The average molecular weight is 488 g/mol. The van der Waals surface area contributed by atoms with Crippen molar-refractivity contribution in [3.05, 3.63) is 53.4 Å². The lowest BCUT2D eigenvalue weighted by Crippen LogP contribution is -2.48. The van der Waals surface area contributed by atoms with Gasteiger partial charge in [-0.05, 0) is 24.1 Å². The molecular formula is C24H29N3O4S2. The standard InChI is InChI=1S/C24H29N3O4S2/c1-4-5-18-6-8-19(9-7-18)21-17-32-24(25-21)26-12-14-27(15-13-26)33(28,29)20-10-11-22(30-2)23(16-20)31-3/h6-11,16-17H,4-5,12-15H2,1-3H3. The predicted molar refractivity (Wildman–Crippen MR) is 132 cm³/mol. The van der Waals surface area contributed by atoms with Crippen molar-refractivity contribution in [2.24, 2.45) is 0 Å². The third-order valence-electron chi connectivity index (χ3n) is 5.78. The van der Waals surface area contributed by atoms with Gasteiger partial charge in [0.15, 0.2) is 16.6 Å². The Morgan fingerprint density at radius 1 is 0.970 bits per heavy atom. The van der Waals surface area contributed by atoms with Gasteiger partial charge >= 0.3 is 0 Å². The van der Waals surface area contributed by atoms with Gasteiger partial charge in [-0.25, -0.2) is 13.4 Å². The van der Waals surface area contributed by atoms with Crippen LogP contribution in [0.1, 0.15) is 18.9 Å². The first kappa shape index (κ1) is 23.5. The molecule has 0 atom stereocenters. The van der Waals surface area contributed by atoms with E-state index in [0.717, 1.165) is 29.2 Å². The summed E-state index contributed by atoms with van der Waals surface area (Å²) in [5.41, 5.74) is 3.40. The van der Waals surface area contributed by atoms with Crippen molar-refractivity contribution in [1.82, 2.24) is 9.29 Å². The topological polar surface area (TPSA) is 72.0 Å². The summed E-state index contributed by atoms with van der Waals surface area (Å²) in [4.78, 5) is 7.17. The zero-order valence-electron chi connectivity index (χ0n) is 19.2. The lowest BCUT2D eigenvalue weighted by molar-refractivity contribution is 0.353. The molecule has 1 saturated heterocycles. The van der Waals surface area contributed by atoms with Gasteiger partial charge in [-0.2, -0.15) is 4.31 Å². The summed E-state index contributed by atoms with van der Waals surface area (Å²) in [5, 5.41) is 2.99. The normalized spacial score (nSPS) is 14.9. The number of aryl methyl sites for hydroxylation is 1. The van der Waals surface area contributed by atoms with Gasteiger partial charge in [0.05, 0.1) is 24.8 Å². The molecule has 1 fully saturated rings. The second-order valence-corrected chi connectivity index (χ2v) is 10.6. The molecule has 4 rings (SSSR count). The lowest BCUT2D eigenvalue weighted by Gasteiger charge is -2.33. The first-order valence-corrected chi connectivity index (χ1v) is 13.3. The summed E-state index contributed by atoms with van der Waals surface area (Å²) >= 11 is 1.60. The Bertz CT molecular complexity index is 1180. The molecule has 0 aliphatic carbocycles. The highest BCUT2D eigenvalue weighted by molar-refractivity contribution is 7.89. The lowest BCUT2D eigenvalue weighted by atomic mass is 10.1. The van der Waals surface area contributed by atoms with E-state index in [-0.39, 0.29) is 4.90 Å². The molecule has 0 unspecified atom stereocenters. The van der Waals surface area contributed by atoms with Gasteiger partial charge in [0.25, 0.3) is 0 Å². The van der Waals surface area contributed by atoms with Crippen LogP contribution in [0.5, 0.6) is 11.5 Å². The highest BCUT2D eigenvalue weighted by Crippen LogP contribution is 2.32. The number of benzene rings is 2. The number of nitrogens with zero attached hydrogens (tertiary/aromatic N) is 3. The molecule has 1 aliphatic rings. The monoisotopic (exact) mass is 487 g/mol. The van der Waals surface area contributed by atoms with Crippen LogP contribution in [0.2, 0.25) is 0 Å². The Balaban J connectivity index is 1.43. The summed E-state index contributed by atoms with van der Waals surface area (Å²) in [6.07, 6.45) is 2.22. The summed E-state index contributed by atoms with van der Waals surface area (Å²) < 4.78 is 38.3. The maximum Gasteiger partial charge on any atom is 0.243 e. The molecule has 0 N–H and O–H groups in total. The fraction of sp³-hybridized carbons (Fsp3) is 0.375. The van der Waals surface area contributed by atoms with Crippen molar-refractivity contribution in [2.45, 2.75) is 24.7 Å². The molecular weight excluding hydrogens is 458 g/mol. The van der Waals surface area contributed by atoms with Gasteiger partial charge in [0, 0.05) is 43.2 Å². The third kappa shape index (κ3) is 5.00. The molecule has 1 aliphatic heterocycles. The first-order chi connectivity index (χ1) is 16.0. The molecule has 0 bridgehead atoms. The molecule has 2 heterocycles. The van der Waals surface area contributed by atoms with Crippen LogP contribution in [0.4, 0.5) is 5.13 Å². The quantitative estimate of drug-likeness (QED) is 0.472. The second-order valence-electron chi connectivity index (χ2n) is 7.87. The van der Waals surface area contributed by atoms with Gasteiger partial charge in [-0.3, -0.25) is 0 Å². The van der Waals surface area contributed by atoms with Crippen LogP contribution in [-0.2, 0) is 16.4 Å². The number of aromatic nitrogens is 1. The zero-order chi connectivity index (χ0) is 23.4. The highest BCUT2D eigenvalue weighted by Gasteiger charge is 2.30. The summed E-state index contributed by atoms with van der Waals surface area (Å²) in [6.45, 7) is 4.16. The van der Waals surface area contributed by atoms with E-state index in [1.807, 2.05) is 0 Å². The summed E-state index contributed by atoms with van der Waals surface area (Å²) in [5.74, 6) is 0.899. The Morgan fingerprint density at radius 3 is 2.30 bits per heavy atom. The molecule has 7 nitrogen and oxygen atoms in total. The van der Waals surface area contributed by atoms with E-state index >= 15 is 0 Å². The Labute approximate surface area is 199 Å². The number of sulfonamides is 1. The Kier molecular flexibility index (Phi) is 7.21. The SMILES string of the molecule is CCCc1ccc(-c2csc(N3CCN(S(=O)(=O)c4ccc(OC)c(OC)c4)CC3)n2)cc1. The molecule has 9 heteroatoms. The first-order valence-electron chi connectivity index (χ1n) is 11.0. The molecule has 2 aromatic carbocycles. The van der Waals surface area contributed by atoms with Crippen molar-refractivity contribution >= 4 is 26.5 Å². The molecule has 0 spiro atoms. The van der Waals surface area contributed by atoms with E-state index in [1.165, 1.54) is 30.2 Å². The fourth-order valence-corrected chi connectivity index (χ4v) is 6.25. The van der Waals surface area contributed by atoms with E-state index in [0.29, 0.717) is 37.7 Å². The maximum atomic E-state index is 13.2. The van der Waals surface area contributed by atoms with Crippen molar-refractivity contribution in [2.75, 3.05) is 45.3 Å². The van der Waals surface area contributed by atoms with Crippen molar-refractivity contribution in [1.29, 1.82) is 0 Å². The van der Waals surface area contributed by atoms with E-state index in [1.54, 1.807) is 23.5 Å². The smallest absolute Gasteiger partial charge is 0.243 e. The largest absolute Gasteiger partial charge is 0.493 e. The number of hydrogen-bond acceptors (Lipinski definition) is 7. The Hall–Kier alpha value is -2.62. The molecule has 0 saturated carbocycles. The minimum atomic E-state index is -3.62. The minimum absolute atomic E-state index is 0.205. The van der Waals surface area contributed by atoms with Gasteiger partial charge in [0.1, 0.15) is 0 Å². The van der Waals surface area contributed by atoms with Crippen LogP contribution in [0, 0.1) is 0 Å². The maximum absolute atomic E-state index is 13.2. The van der Waals surface area contributed by atoms with E-state index in [9.17, 15) is 8.42 Å². The van der Waals surface area contributed by atoms with Gasteiger partial charge in [-0.1, -0.05) is 37.6 Å². The number of rotatable bonds is 8.